The highest BCUT2D eigenvalue weighted by molar-refractivity contribution is 6.29. The van der Waals surface area contributed by atoms with Gasteiger partial charge in [-0.15, -0.1) is 10.2 Å². The van der Waals surface area contributed by atoms with Gasteiger partial charge in [0.05, 0.1) is 0 Å². The Hall–Kier alpha value is -0.870. The fraction of sp³-hybridized carbons (Fsp3) is 0.600. The molecule has 0 unspecified atom stereocenters. The Morgan fingerprint density at radius 3 is 3.00 bits per heavy atom. The van der Waals surface area contributed by atoms with Crippen molar-refractivity contribution in [1.82, 2.24) is 15.5 Å². The molecule has 0 spiro atoms. The van der Waals surface area contributed by atoms with E-state index in [9.17, 15) is 0 Å². The monoisotopic (exact) mass is 225 g/mol. The molecule has 2 heterocycles. The Labute approximate surface area is 93.0 Å². The van der Waals surface area contributed by atoms with E-state index in [1.807, 2.05) is 0 Å². The summed E-state index contributed by atoms with van der Waals surface area (Å²) < 4.78 is 5.52. The van der Waals surface area contributed by atoms with Crippen molar-refractivity contribution in [2.75, 3.05) is 6.61 Å². The third-order valence-electron chi connectivity index (χ3n) is 3.00. The van der Waals surface area contributed by atoms with Crippen LogP contribution in [-0.2, 0) is 0 Å². The molecule has 0 amide bonds. The van der Waals surface area contributed by atoms with Crippen LogP contribution in [0.5, 0.6) is 5.88 Å². The summed E-state index contributed by atoms with van der Waals surface area (Å²) in [6.45, 7) is 0.670. The summed E-state index contributed by atoms with van der Waals surface area (Å²) in [7, 11) is 0. The maximum atomic E-state index is 5.62. The maximum absolute atomic E-state index is 5.62. The van der Waals surface area contributed by atoms with Gasteiger partial charge in [-0.25, -0.2) is 0 Å². The second-order valence-corrected chi connectivity index (χ2v) is 4.59. The van der Waals surface area contributed by atoms with Crippen LogP contribution in [0.4, 0.5) is 0 Å². The molecular weight excluding hydrogens is 214 g/mol. The highest BCUT2D eigenvalue weighted by Gasteiger charge is 2.45. The minimum absolute atomic E-state index is 0.391. The Balaban J connectivity index is 1.51. The number of fused-ring (bicyclic) bond motifs is 1. The van der Waals surface area contributed by atoms with Gasteiger partial charge in [-0.1, -0.05) is 11.6 Å². The van der Waals surface area contributed by atoms with Gasteiger partial charge in [0.25, 0.3) is 0 Å². The Bertz CT molecular complexity index is 346. The van der Waals surface area contributed by atoms with Gasteiger partial charge in [0.1, 0.15) is 6.61 Å². The lowest BCUT2D eigenvalue weighted by molar-refractivity contribution is 0.256. The number of nitrogens with one attached hydrogen (secondary N) is 1. The first-order chi connectivity index (χ1) is 7.31. The molecule has 80 valence electrons. The molecule has 0 aromatic carbocycles. The van der Waals surface area contributed by atoms with Crippen molar-refractivity contribution in [2.45, 2.75) is 24.9 Å². The van der Waals surface area contributed by atoms with Crippen LogP contribution in [0.2, 0.25) is 5.15 Å². The van der Waals surface area contributed by atoms with E-state index in [0.29, 0.717) is 23.7 Å². The number of ether oxygens (including phenoxy) is 1. The van der Waals surface area contributed by atoms with E-state index in [0.717, 1.165) is 12.0 Å². The van der Waals surface area contributed by atoms with Crippen molar-refractivity contribution < 1.29 is 4.74 Å². The number of aromatic nitrogens is 2. The van der Waals surface area contributed by atoms with E-state index >= 15 is 0 Å². The lowest BCUT2D eigenvalue weighted by atomic mass is 10.2. The van der Waals surface area contributed by atoms with Crippen molar-refractivity contribution >= 4 is 11.6 Å². The second-order valence-electron chi connectivity index (χ2n) is 4.21. The van der Waals surface area contributed by atoms with E-state index in [2.05, 4.69) is 15.5 Å². The molecule has 1 N–H and O–H groups in total. The highest BCUT2D eigenvalue weighted by atomic mass is 35.5. The standard InChI is InChI=1S/C10H12ClN3O/c11-9-1-2-10(14-13-9)15-5-7-3-6-4-8(6)12-7/h1-2,6-8,12H,3-5H2/t6-,7-,8+/m0/s1. The molecule has 1 saturated carbocycles. The molecule has 2 fully saturated rings. The van der Waals surface area contributed by atoms with Crippen molar-refractivity contribution in [3.05, 3.63) is 17.3 Å². The molecule has 0 radical (unpaired) electrons. The fourth-order valence-electron chi connectivity index (χ4n) is 2.13. The maximum Gasteiger partial charge on any atom is 0.233 e. The average molecular weight is 226 g/mol. The summed E-state index contributed by atoms with van der Waals surface area (Å²) in [5.74, 6) is 1.44. The van der Waals surface area contributed by atoms with E-state index in [4.69, 9.17) is 16.3 Å². The molecule has 4 nitrogen and oxygen atoms in total. The molecule has 15 heavy (non-hydrogen) atoms. The lowest BCUT2D eigenvalue weighted by Gasteiger charge is -2.13. The van der Waals surface area contributed by atoms with Crippen molar-refractivity contribution in [3.63, 3.8) is 0 Å². The van der Waals surface area contributed by atoms with Gasteiger partial charge in [0.2, 0.25) is 5.88 Å². The van der Waals surface area contributed by atoms with Crippen LogP contribution in [0, 0.1) is 5.92 Å². The lowest BCUT2D eigenvalue weighted by Crippen LogP contribution is -2.31. The Kier molecular flexibility index (Phi) is 2.25. The quantitative estimate of drug-likeness (QED) is 0.842. The van der Waals surface area contributed by atoms with Crippen molar-refractivity contribution in [1.29, 1.82) is 0 Å². The summed E-state index contributed by atoms with van der Waals surface area (Å²) in [4.78, 5) is 0. The van der Waals surface area contributed by atoms with Crippen LogP contribution >= 0.6 is 11.6 Å². The number of rotatable bonds is 3. The predicted molar refractivity (Wildman–Crippen MR) is 56.0 cm³/mol. The molecule has 3 rings (SSSR count). The number of hydrogen-bond donors (Lipinski definition) is 1. The molecule has 1 aromatic heterocycles. The van der Waals surface area contributed by atoms with Crippen LogP contribution in [0.3, 0.4) is 0 Å². The van der Waals surface area contributed by atoms with Gasteiger partial charge in [0.15, 0.2) is 5.15 Å². The zero-order valence-corrected chi connectivity index (χ0v) is 8.94. The molecule has 1 saturated heterocycles. The molecule has 0 bridgehead atoms. The third kappa shape index (κ3) is 2.06. The molecule has 2 aliphatic rings. The number of hydrogen-bond acceptors (Lipinski definition) is 4. The summed E-state index contributed by atoms with van der Waals surface area (Å²) in [6, 6.07) is 4.66. The molecule has 3 atom stereocenters. The average Bonchev–Trinajstić information content (AvgIpc) is 2.86. The van der Waals surface area contributed by atoms with E-state index in [1.54, 1.807) is 12.1 Å². The van der Waals surface area contributed by atoms with Crippen LogP contribution < -0.4 is 10.1 Å². The van der Waals surface area contributed by atoms with E-state index in [-0.39, 0.29) is 0 Å². The molecule has 1 aliphatic carbocycles. The van der Waals surface area contributed by atoms with E-state index < -0.39 is 0 Å². The zero-order chi connectivity index (χ0) is 10.3. The Morgan fingerprint density at radius 1 is 1.40 bits per heavy atom. The van der Waals surface area contributed by atoms with Crippen LogP contribution in [-0.4, -0.2) is 28.9 Å². The fourth-order valence-corrected chi connectivity index (χ4v) is 2.23. The van der Waals surface area contributed by atoms with E-state index in [1.165, 1.54) is 12.8 Å². The molecule has 5 heteroatoms. The minimum Gasteiger partial charge on any atom is -0.475 e. The summed E-state index contributed by atoms with van der Waals surface area (Å²) in [5, 5.41) is 11.5. The van der Waals surface area contributed by atoms with Gasteiger partial charge in [0, 0.05) is 18.2 Å². The Morgan fingerprint density at radius 2 is 2.33 bits per heavy atom. The topological polar surface area (TPSA) is 47.0 Å². The first-order valence-corrected chi connectivity index (χ1v) is 5.57. The van der Waals surface area contributed by atoms with Crippen molar-refractivity contribution in [2.24, 2.45) is 5.92 Å². The van der Waals surface area contributed by atoms with Crippen molar-refractivity contribution in [3.8, 4) is 5.88 Å². The van der Waals surface area contributed by atoms with Gasteiger partial charge < -0.3 is 10.1 Å². The first kappa shape index (κ1) is 9.36. The summed E-state index contributed by atoms with van der Waals surface area (Å²) in [6.07, 6.45) is 2.57. The molecule has 1 aromatic rings. The number of piperidine rings is 1. The summed E-state index contributed by atoms with van der Waals surface area (Å²) >= 11 is 5.62. The summed E-state index contributed by atoms with van der Waals surface area (Å²) in [5.41, 5.74) is 0. The van der Waals surface area contributed by atoms with Gasteiger partial charge in [-0.3, -0.25) is 0 Å². The van der Waals surface area contributed by atoms with Gasteiger partial charge in [-0.2, -0.15) is 0 Å². The van der Waals surface area contributed by atoms with Gasteiger partial charge in [-0.05, 0) is 24.8 Å². The normalized spacial score (nSPS) is 32.5. The molecular formula is C10H12ClN3O. The zero-order valence-electron chi connectivity index (χ0n) is 8.19. The first-order valence-electron chi connectivity index (χ1n) is 5.19. The SMILES string of the molecule is Clc1ccc(OC[C@@H]2C[C@H]3C[C@H]3N2)nn1. The second kappa shape index (κ2) is 3.61. The van der Waals surface area contributed by atoms with Crippen LogP contribution in [0.15, 0.2) is 12.1 Å². The minimum atomic E-state index is 0.391. The number of halogens is 1. The highest BCUT2D eigenvalue weighted by Crippen LogP contribution is 2.40. The number of nitrogens with zero attached hydrogens (tertiary/aromatic N) is 2. The largest absolute Gasteiger partial charge is 0.475 e. The smallest absolute Gasteiger partial charge is 0.233 e. The van der Waals surface area contributed by atoms with Gasteiger partial charge >= 0.3 is 0 Å². The predicted octanol–water partition coefficient (Wildman–Crippen LogP) is 1.26. The molecule has 1 aliphatic heterocycles. The van der Waals surface area contributed by atoms with Crippen LogP contribution in [0.25, 0.3) is 0 Å². The van der Waals surface area contributed by atoms with Crippen LogP contribution in [0.1, 0.15) is 12.8 Å². The third-order valence-corrected chi connectivity index (χ3v) is 3.20.